The molecule has 2 aromatic rings. The van der Waals surface area contributed by atoms with Crippen LogP contribution in [0.1, 0.15) is 39.0 Å². The molecule has 0 fully saturated rings. The summed E-state index contributed by atoms with van der Waals surface area (Å²) in [5, 5.41) is 4.70. The molecule has 0 aliphatic rings. The molecular weight excluding hydrogens is 210 g/mol. The fourth-order valence-corrected chi connectivity index (χ4v) is 1.84. The van der Waals surface area contributed by atoms with Crippen molar-refractivity contribution in [3.8, 4) is 0 Å². The summed E-state index contributed by atoms with van der Waals surface area (Å²) in [6.07, 6.45) is 1.21. The molecule has 2 nitrogen and oxygen atoms in total. The molecule has 0 bridgehead atoms. The van der Waals surface area contributed by atoms with Gasteiger partial charge in [0.05, 0.1) is 6.04 Å². The van der Waals surface area contributed by atoms with E-state index in [1.165, 1.54) is 11.8 Å². The lowest BCUT2D eigenvalue weighted by molar-refractivity contribution is 0.411. The molecule has 0 saturated carbocycles. The Balaban J connectivity index is 2.06. The third-order valence-electron chi connectivity index (χ3n) is 3.34. The monoisotopic (exact) mass is 231 g/mol. The summed E-state index contributed by atoms with van der Waals surface area (Å²) in [7, 11) is 0. The summed E-state index contributed by atoms with van der Waals surface area (Å²) >= 11 is 0. The molecule has 0 aliphatic carbocycles. The number of rotatable bonds is 5. The Hall–Kier alpha value is -1.28. The number of benzene rings is 1. The van der Waals surface area contributed by atoms with Gasteiger partial charge in [0, 0.05) is 5.39 Å². The van der Waals surface area contributed by atoms with Crippen molar-refractivity contribution in [3.05, 3.63) is 36.1 Å². The van der Waals surface area contributed by atoms with E-state index < -0.39 is 0 Å². The average molecular weight is 231 g/mol. The van der Waals surface area contributed by atoms with Gasteiger partial charge in [-0.25, -0.2) is 0 Å². The number of para-hydroxylation sites is 1. The molecule has 0 amide bonds. The van der Waals surface area contributed by atoms with E-state index in [2.05, 4.69) is 38.2 Å². The van der Waals surface area contributed by atoms with Crippen molar-refractivity contribution >= 4 is 11.0 Å². The van der Waals surface area contributed by atoms with Gasteiger partial charge in [-0.15, -0.1) is 0 Å². The van der Waals surface area contributed by atoms with Gasteiger partial charge in [-0.05, 0) is 31.5 Å². The third kappa shape index (κ3) is 2.89. The highest BCUT2D eigenvalue weighted by Crippen LogP contribution is 2.23. The highest BCUT2D eigenvalue weighted by atomic mass is 16.3. The normalized spacial score (nSPS) is 15.0. The van der Waals surface area contributed by atoms with E-state index in [4.69, 9.17) is 4.42 Å². The Labute approximate surface area is 103 Å². The van der Waals surface area contributed by atoms with Gasteiger partial charge in [0.25, 0.3) is 0 Å². The van der Waals surface area contributed by atoms with Crippen LogP contribution in [-0.4, -0.2) is 6.54 Å². The first-order valence-corrected chi connectivity index (χ1v) is 6.42. The quantitative estimate of drug-likeness (QED) is 0.837. The van der Waals surface area contributed by atoms with Gasteiger partial charge in [0.15, 0.2) is 0 Å². The van der Waals surface area contributed by atoms with Gasteiger partial charge >= 0.3 is 0 Å². The highest BCUT2D eigenvalue weighted by molar-refractivity contribution is 5.77. The number of nitrogens with one attached hydrogen (secondary N) is 1. The van der Waals surface area contributed by atoms with E-state index in [0.29, 0.717) is 5.92 Å². The Morgan fingerprint density at radius 1 is 1.24 bits per heavy atom. The molecule has 0 radical (unpaired) electrons. The summed E-state index contributed by atoms with van der Waals surface area (Å²) in [5.74, 6) is 1.73. The Kier molecular flexibility index (Phi) is 3.85. The molecule has 2 rings (SSSR count). The van der Waals surface area contributed by atoms with Crippen LogP contribution < -0.4 is 5.32 Å². The Morgan fingerprint density at radius 2 is 2.00 bits per heavy atom. The van der Waals surface area contributed by atoms with Crippen LogP contribution in [0.2, 0.25) is 0 Å². The van der Waals surface area contributed by atoms with Gasteiger partial charge in [-0.2, -0.15) is 0 Å². The molecule has 1 heterocycles. The third-order valence-corrected chi connectivity index (χ3v) is 3.34. The fourth-order valence-electron chi connectivity index (χ4n) is 1.84. The molecule has 1 aromatic heterocycles. The van der Waals surface area contributed by atoms with Crippen molar-refractivity contribution in [1.82, 2.24) is 5.32 Å². The van der Waals surface area contributed by atoms with Gasteiger partial charge in [-0.1, -0.05) is 38.5 Å². The maximum atomic E-state index is 5.83. The minimum atomic E-state index is 0.274. The molecule has 0 aliphatic heterocycles. The molecule has 0 unspecified atom stereocenters. The molecule has 1 N–H and O–H groups in total. The van der Waals surface area contributed by atoms with Crippen LogP contribution in [0.25, 0.3) is 11.0 Å². The van der Waals surface area contributed by atoms with Crippen molar-refractivity contribution < 1.29 is 4.42 Å². The minimum absolute atomic E-state index is 0.274. The van der Waals surface area contributed by atoms with Crippen LogP contribution in [0.4, 0.5) is 0 Å². The van der Waals surface area contributed by atoms with Gasteiger partial charge in [0.1, 0.15) is 11.3 Å². The topological polar surface area (TPSA) is 25.2 Å². The van der Waals surface area contributed by atoms with Crippen molar-refractivity contribution in [2.24, 2.45) is 5.92 Å². The SMILES string of the molecule is CC[C@H](C)CN[C@H](C)c1cc2ccccc2o1. The maximum absolute atomic E-state index is 5.83. The summed E-state index contributed by atoms with van der Waals surface area (Å²) in [4.78, 5) is 0. The number of hydrogen-bond acceptors (Lipinski definition) is 2. The second kappa shape index (κ2) is 5.37. The van der Waals surface area contributed by atoms with Gasteiger partial charge < -0.3 is 9.73 Å². The van der Waals surface area contributed by atoms with Crippen molar-refractivity contribution in [2.75, 3.05) is 6.54 Å². The molecule has 2 heteroatoms. The number of hydrogen-bond donors (Lipinski definition) is 1. The largest absolute Gasteiger partial charge is 0.459 e. The lowest BCUT2D eigenvalue weighted by Gasteiger charge is -2.14. The molecule has 1 aromatic carbocycles. The standard InChI is InChI=1S/C15H21NO/c1-4-11(2)10-16-12(3)15-9-13-7-5-6-8-14(13)17-15/h5-9,11-12,16H,4,10H2,1-3H3/t11-,12+/m0/s1. The molecule has 2 atom stereocenters. The van der Waals surface area contributed by atoms with Crippen LogP contribution in [0.5, 0.6) is 0 Å². The smallest absolute Gasteiger partial charge is 0.134 e. The molecule has 92 valence electrons. The van der Waals surface area contributed by atoms with Crippen LogP contribution in [0.3, 0.4) is 0 Å². The molecule has 0 spiro atoms. The Bertz CT molecular complexity index is 441. The predicted molar refractivity (Wildman–Crippen MR) is 72.1 cm³/mol. The van der Waals surface area contributed by atoms with Gasteiger partial charge in [-0.3, -0.25) is 0 Å². The van der Waals surface area contributed by atoms with Crippen LogP contribution in [0.15, 0.2) is 34.7 Å². The van der Waals surface area contributed by atoms with E-state index in [9.17, 15) is 0 Å². The summed E-state index contributed by atoms with van der Waals surface area (Å²) in [6, 6.07) is 10.6. The lowest BCUT2D eigenvalue weighted by Crippen LogP contribution is -2.23. The summed E-state index contributed by atoms with van der Waals surface area (Å²) in [5.41, 5.74) is 0.972. The Morgan fingerprint density at radius 3 is 2.71 bits per heavy atom. The van der Waals surface area contributed by atoms with E-state index in [0.717, 1.165) is 17.9 Å². The fraction of sp³-hybridized carbons (Fsp3) is 0.467. The number of fused-ring (bicyclic) bond motifs is 1. The summed E-state index contributed by atoms with van der Waals surface area (Å²) < 4.78 is 5.83. The first-order chi connectivity index (χ1) is 8.20. The second-order valence-corrected chi connectivity index (χ2v) is 4.83. The average Bonchev–Trinajstić information content (AvgIpc) is 2.79. The minimum Gasteiger partial charge on any atom is -0.459 e. The second-order valence-electron chi connectivity index (χ2n) is 4.83. The highest BCUT2D eigenvalue weighted by Gasteiger charge is 2.11. The van der Waals surface area contributed by atoms with Gasteiger partial charge in [0.2, 0.25) is 0 Å². The zero-order chi connectivity index (χ0) is 12.3. The van der Waals surface area contributed by atoms with Crippen molar-refractivity contribution in [2.45, 2.75) is 33.2 Å². The lowest BCUT2D eigenvalue weighted by atomic mass is 10.1. The molecular formula is C15H21NO. The van der Waals surface area contributed by atoms with Crippen molar-refractivity contribution in [1.29, 1.82) is 0 Å². The number of furan rings is 1. The molecule has 17 heavy (non-hydrogen) atoms. The van der Waals surface area contributed by atoms with E-state index in [-0.39, 0.29) is 6.04 Å². The van der Waals surface area contributed by atoms with Crippen LogP contribution in [-0.2, 0) is 0 Å². The van der Waals surface area contributed by atoms with E-state index in [1.807, 2.05) is 18.2 Å². The maximum Gasteiger partial charge on any atom is 0.134 e. The predicted octanol–water partition coefficient (Wildman–Crippen LogP) is 4.13. The molecule has 0 saturated heterocycles. The summed E-state index contributed by atoms with van der Waals surface area (Å²) in [6.45, 7) is 7.67. The van der Waals surface area contributed by atoms with E-state index >= 15 is 0 Å². The zero-order valence-corrected chi connectivity index (χ0v) is 10.9. The first kappa shape index (κ1) is 12.2. The van der Waals surface area contributed by atoms with E-state index in [1.54, 1.807) is 0 Å². The van der Waals surface area contributed by atoms with Crippen LogP contribution in [0, 0.1) is 5.92 Å². The first-order valence-electron chi connectivity index (χ1n) is 6.42. The van der Waals surface area contributed by atoms with Crippen LogP contribution >= 0.6 is 0 Å². The zero-order valence-electron chi connectivity index (χ0n) is 10.9. The van der Waals surface area contributed by atoms with Crippen molar-refractivity contribution in [3.63, 3.8) is 0 Å².